The molecule has 0 aromatic heterocycles. The number of anilines is 1. The first-order valence-electron chi connectivity index (χ1n) is 6.44. The molecule has 0 fully saturated rings. The summed E-state index contributed by atoms with van der Waals surface area (Å²) in [6.07, 6.45) is 0. The van der Waals surface area contributed by atoms with Crippen LogP contribution in [0.1, 0.15) is 5.56 Å². The summed E-state index contributed by atoms with van der Waals surface area (Å²) in [5, 5.41) is 14.6. The minimum Gasteiger partial charge on any atom is -0.496 e. The number of benzene rings is 2. The number of nitrogens with zero attached hydrogens (tertiary/aromatic N) is 1. The molecule has 0 atom stereocenters. The molecule has 7 heteroatoms. The lowest BCUT2D eigenvalue weighted by Gasteiger charge is -2.12. The van der Waals surface area contributed by atoms with Gasteiger partial charge >= 0.3 is 5.69 Å². The summed E-state index contributed by atoms with van der Waals surface area (Å²) in [7, 11) is 2.97. The SMILES string of the molecule is COc1cc(Cl)ccc1CNc1ccc([N+](=O)[O-])c(OC)c1. The third kappa shape index (κ3) is 3.59. The van der Waals surface area contributed by atoms with Gasteiger partial charge in [-0.25, -0.2) is 0 Å². The van der Waals surface area contributed by atoms with E-state index in [1.54, 1.807) is 31.4 Å². The summed E-state index contributed by atoms with van der Waals surface area (Å²) in [5.74, 6) is 0.881. The minimum atomic E-state index is -0.481. The Kier molecular flexibility index (Phi) is 5.06. The fourth-order valence-corrected chi connectivity index (χ4v) is 2.16. The number of halogens is 1. The van der Waals surface area contributed by atoms with Crippen molar-refractivity contribution < 1.29 is 14.4 Å². The van der Waals surface area contributed by atoms with E-state index in [4.69, 9.17) is 21.1 Å². The Balaban J connectivity index is 2.17. The van der Waals surface area contributed by atoms with E-state index < -0.39 is 4.92 Å². The molecule has 22 heavy (non-hydrogen) atoms. The molecule has 0 saturated heterocycles. The number of ether oxygens (including phenoxy) is 2. The highest BCUT2D eigenvalue weighted by Gasteiger charge is 2.14. The molecule has 0 aliphatic carbocycles. The molecule has 0 heterocycles. The Bertz CT molecular complexity index is 691. The van der Waals surface area contributed by atoms with Gasteiger partial charge in [-0.05, 0) is 18.2 Å². The zero-order valence-electron chi connectivity index (χ0n) is 12.1. The second kappa shape index (κ2) is 7.00. The number of hydrogen-bond donors (Lipinski definition) is 1. The molecule has 0 unspecified atom stereocenters. The maximum Gasteiger partial charge on any atom is 0.311 e. The fourth-order valence-electron chi connectivity index (χ4n) is 2.00. The molecule has 0 spiro atoms. The van der Waals surface area contributed by atoms with Gasteiger partial charge in [-0.15, -0.1) is 0 Å². The van der Waals surface area contributed by atoms with Crippen LogP contribution < -0.4 is 14.8 Å². The first-order chi connectivity index (χ1) is 10.5. The zero-order valence-corrected chi connectivity index (χ0v) is 12.9. The average molecular weight is 323 g/mol. The quantitative estimate of drug-likeness (QED) is 0.645. The van der Waals surface area contributed by atoms with Crippen LogP contribution in [-0.4, -0.2) is 19.1 Å². The van der Waals surface area contributed by atoms with E-state index in [-0.39, 0.29) is 11.4 Å². The molecule has 2 aromatic rings. The number of methoxy groups -OCH3 is 2. The van der Waals surface area contributed by atoms with Gasteiger partial charge in [-0.3, -0.25) is 10.1 Å². The van der Waals surface area contributed by atoms with E-state index in [0.29, 0.717) is 23.0 Å². The van der Waals surface area contributed by atoms with Crippen molar-refractivity contribution in [3.63, 3.8) is 0 Å². The first kappa shape index (κ1) is 15.9. The van der Waals surface area contributed by atoms with Crippen LogP contribution in [0.2, 0.25) is 5.02 Å². The van der Waals surface area contributed by atoms with Crippen LogP contribution in [0.5, 0.6) is 11.5 Å². The van der Waals surface area contributed by atoms with Crippen molar-refractivity contribution in [2.75, 3.05) is 19.5 Å². The van der Waals surface area contributed by atoms with E-state index in [1.165, 1.54) is 13.2 Å². The molecular weight excluding hydrogens is 308 g/mol. The molecular formula is C15H15ClN2O4. The molecule has 2 aromatic carbocycles. The molecule has 0 saturated carbocycles. The predicted octanol–water partition coefficient (Wildman–Crippen LogP) is 3.88. The molecule has 116 valence electrons. The highest BCUT2D eigenvalue weighted by molar-refractivity contribution is 6.30. The molecule has 0 bridgehead atoms. The smallest absolute Gasteiger partial charge is 0.311 e. The third-order valence-electron chi connectivity index (χ3n) is 3.11. The molecule has 0 aliphatic heterocycles. The predicted molar refractivity (Wildman–Crippen MR) is 85.0 cm³/mol. The molecule has 6 nitrogen and oxygen atoms in total. The number of hydrogen-bond acceptors (Lipinski definition) is 5. The highest BCUT2D eigenvalue weighted by atomic mass is 35.5. The van der Waals surface area contributed by atoms with Crippen LogP contribution in [0, 0.1) is 10.1 Å². The summed E-state index contributed by atoms with van der Waals surface area (Å²) in [4.78, 5) is 10.4. The fraction of sp³-hybridized carbons (Fsp3) is 0.200. The Morgan fingerprint density at radius 1 is 1.14 bits per heavy atom. The van der Waals surface area contributed by atoms with Gasteiger partial charge in [0.1, 0.15) is 5.75 Å². The van der Waals surface area contributed by atoms with Crippen LogP contribution in [0.25, 0.3) is 0 Å². The number of nitro groups is 1. The summed E-state index contributed by atoms with van der Waals surface area (Å²) in [6, 6.07) is 9.98. The lowest BCUT2D eigenvalue weighted by atomic mass is 10.2. The van der Waals surface area contributed by atoms with Crippen LogP contribution in [0.15, 0.2) is 36.4 Å². The minimum absolute atomic E-state index is 0.0721. The van der Waals surface area contributed by atoms with Crippen LogP contribution >= 0.6 is 11.6 Å². The normalized spacial score (nSPS) is 10.1. The first-order valence-corrected chi connectivity index (χ1v) is 6.81. The summed E-state index contributed by atoms with van der Waals surface area (Å²) >= 11 is 5.92. The Labute approximate surface area is 132 Å². The maximum absolute atomic E-state index is 10.9. The topological polar surface area (TPSA) is 73.6 Å². The van der Waals surface area contributed by atoms with Gasteiger partial charge in [0.2, 0.25) is 0 Å². The molecule has 0 aliphatic rings. The van der Waals surface area contributed by atoms with E-state index >= 15 is 0 Å². The zero-order chi connectivity index (χ0) is 16.1. The molecule has 1 N–H and O–H groups in total. The van der Waals surface area contributed by atoms with Crippen molar-refractivity contribution >= 4 is 23.0 Å². The molecule has 0 amide bonds. The van der Waals surface area contributed by atoms with Gasteiger partial charge < -0.3 is 14.8 Å². The third-order valence-corrected chi connectivity index (χ3v) is 3.34. The van der Waals surface area contributed by atoms with Crippen molar-refractivity contribution in [3.8, 4) is 11.5 Å². The van der Waals surface area contributed by atoms with Gasteiger partial charge in [0, 0.05) is 35.0 Å². The van der Waals surface area contributed by atoms with E-state index in [0.717, 1.165) is 5.56 Å². The van der Waals surface area contributed by atoms with E-state index in [2.05, 4.69) is 5.32 Å². The lowest BCUT2D eigenvalue weighted by Crippen LogP contribution is -2.02. The summed E-state index contributed by atoms with van der Waals surface area (Å²) in [5.41, 5.74) is 1.56. The highest BCUT2D eigenvalue weighted by Crippen LogP contribution is 2.30. The number of rotatable bonds is 6. The maximum atomic E-state index is 10.9. The number of nitro benzene ring substituents is 1. The Morgan fingerprint density at radius 3 is 2.50 bits per heavy atom. The van der Waals surface area contributed by atoms with Crippen molar-refractivity contribution in [2.45, 2.75) is 6.54 Å². The van der Waals surface area contributed by atoms with Gasteiger partial charge in [-0.1, -0.05) is 17.7 Å². The van der Waals surface area contributed by atoms with Crippen LogP contribution in [-0.2, 0) is 6.54 Å². The second-order valence-electron chi connectivity index (χ2n) is 4.45. The van der Waals surface area contributed by atoms with Gasteiger partial charge in [-0.2, -0.15) is 0 Å². The number of nitrogens with one attached hydrogen (secondary N) is 1. The molecule has 0 radical (unpaired) electrons. The van der Waals surface area contributed by atoms with Gasteiger partial charge in [0.15, 0.2) is 5.75 Å². The van der Waals surface area contributed by atoms with Crippen LogP contribution in [0.4, 0.5) is 11.4 Å². The van der Waals surface area contributed by atoms with E-state index in [1.807, 2.05) is 6.07 Å². The summed E-state index contributed by atoms with van der Waals surface area (Å²) < 4.78 is 10.3. The van der Waals surface area contributed by atoms with Crippen LogP contribution in [0.3, 0.4) is 0 Å². The van der Waals surface area contributed by atoms with Crippen molar-refractivity contribution in [1.82, 2.24) is 0 Å². The van der Waals surface area contributed by atoms with E-state index in [9.17, 15) is 10.1 Å². The molecule has 2 rings (SSSR count). The standard InChI is InChI=1S/C15H15ClN2O4/c1-21-14-7-11(16)4-3-10(14)9-17-12-5-6-13(18(19)20)15(8-12)22-2/h3-8,17H,9H2,1-2H3. The van der Waals surface area contributed by atoms with Gasteiger partial charge in [0.05, 0.1) is 19.1 Å². The van der Waals surface area contributed by atoms with Crippen molar-refractivity contribution in [2.24, 2.45) is 0 Å². The lowest BCUT2D eigenvalue weighted by molar-refractivity contribution is -0.385. The second-order valence-corrected chi connectivity index (χ2v) is 4.89. The average Bonchev–Trinajstić information content (AvgIpc) is 2.52. The van der Waals surface area contributed by atoms with Crippen molar-refractivity contribution in [1.29, 1.82) is 0 Å². The van der Waals surface area contributed by atoms with Gasteiger partial charge in [0.25, 0.3) is 0 Å². The Hall–Kier alpha value is -2.47. The summed E-state index contributed by atoms with van der Waals surface area (Å²) in [6.45, 7) is 0.487. The Morgan fingerprint density at radius 2 is 1.86 bits per heavy atom. The monoisotopic (exact) mass is 322 g/mol. The van der Waals surface area contributed by atoms with Crippen molar-refractivity contribution in [3.05, 3.63) is 57.1 Å². The largest absolute Gasteiger partial charge is 0.496 e.